The molecule has 160 valence electrons. The van der Waals surface area contributed by atoms with E-state index in [1.54, 1.807) is 48.5 Å². The molecule has 2 aliphatic rings. The quantitative estimate of drug-likeness (QED) is 0.581. The number of carbonyl (C=O) groups excluding carboxylic acids is 1. The molecule has 2 aromatic rings. The lowest BCUT2D eigenvalue weighted by Crippen LogP contribution is -2.33. The van der Waals surface area contributed by atoms with Gasteiger partial charge < -0.3 is 20.4 Å². The first-order valence-corrected chi connectivity index (χ1v) is 10.9. The monoisotopic (exact) mass is 410 g/mol. The van der Waals surface area contributed by atoms with Gasteiger partial charge in [0, 0.05) is 11.1 Å². The van der Waals surface area contributed by atoms with Crippen LogP contribution in [-0.4, -0.2) is 38.4 Å². The van der Waals surface area contributed by atoms with Crippen molar-refractivity contribution in [2.24, 2.45) is 0 Å². The number of aliphatic hydroxyl groups excluding tert-OH is 2. The predicted molar refractivity (Wildman–Crippen MR) is 113 cm³/mol. The van der Waals surface area contributed by atoms with Crippen molar-refractivity contribution in [3.05, 3.63) is 70.8 Å². The third-order valence-corrected chi connectivity index (χ3v) is 6.93. The Morgan fingerprint density at radius 2 is 0.933 bits per heavy atom. The summed E-state index contributed by atoms with van der Waals surface area (Å²) in [5.41, 5.74) is 0.777. The average Bonchev–Trinajstić information content (AvgIpc) is 2.78. The number of ketones is 1. The molecule has 2 fully saturated rings. The van der Waals surface area contributed by atoms with Crippen LogP contribution < -0.4 is 0 Å². The highest BCUT2D eigenvalue weighted by Gasteiger charge is 2.35. The van der Waals surface area contributed by atoms with Gasteiger partial charge in [0.1, 0.15) is 0 Å². The van der Waals surface area contributed by atoms with Crippen LogP contribution in [0.25, 0.3) is 0 Å². The number of aliphatic hydroxyl groups is 4. The fourth-order valence-electron chi connectivity index (χ4n) is 4.77. The lowest BCUT2D eigenvalue weighted by molar-refractivity contribution is -0.0361. The maximum absolute atomic E-state index is 12.9. The van der Waals surface area contributed by atoms with Crippen LogP contribution >= 0.6 is 0 Å². The van der Waals surface area contributed by atoms with Gasteiger partial charge in [-0.1, -0.05) is 48.5 Å². The van der Waals surface area contributed by atoms with Crippen molar-refractivity contribution in [2.75, 3.05) is 0 Å². The van der Waals surface area contributed by atoms with Gasteiger partial charge in [0.2, 0.25) is 0 Å². The van der Waals surface area contributed by atoms with Crippen LogP contribution in [0.4, 0.5) is 0 Å². The third-order valence-electron chi connectivity index (χ3n) is 6.93. The van der Waals surface area contributed by atoms with Crippen molar-refractivity contribution in [1.29, 1.82) is 0 Å². The van der Waals surface area contributed by atoms with Gasteiger partial charge in [0.25, 0.3) is 0 Å². The van der Waals surface area contributed by atoms with Crippen LogP contribution in [0.15, 0.2) is 48.5 Å². The van der Waals surface area contributed by atoms with Crippen LogP contribution in [0.1, 0.15) is 78.4 Å². The van der Waals surface area contributed by atoms with Crippen molar-refractivity contribution in [3.63, 3.8) is 0 Å². The van der Waals surface area contributed by atoms with Crippen molar-refractivity contribution >= 4 is 5.78 Å². The van der Waals surface area contributed by atoms with E-state index in [4.69, 9.17) is 0 Å². The highest BCUT2D eigenvalue weighted by Crippen LogP contribution is 2.38. The summed E-state index contributed by atoms with van der Waals surface area (Å²) in [7, 11) is 0. The molecule has 2 aromatic carbocycles. The molecule has 0 unspecified atom stereocenters. The van der Waals surface area contributed by atoms with Gasteiger partial charge in [-0.25, -0.2) is 0 Å². The zero-order chi connectivity index (χ0) is 21.4. The smallest absolute Gasteiger partial charge is 0.193 e. The second-order valence-corrected chi connectivity index (χ2v) is 9.01. The maximum Gasteiger partial charge on any atom is 0.193 e. The average molecular weight is 411 g/mol. The molecule has 4 rings (SSSR count). The fourth-order valence-corrected chi connectivity index (χ4v) is 4.77. The minimum atomic E-state index is -0.939. The molecule has 0 aliphatic heterocycles. The van der Waals surface area contributed by atoms with Gasteiger partial charge in [0.05, 0.1) is 23.4 Å². The second-order valence-electron chi connectivity index (χ2n) is 9.01. The first-order valence-electron chi connectivity index (χ1n) is 10.9. The Kier molecular flexibility index (Phi) is 5.82. The summed E-state index contributed by atoms with van der Waals surface area (Å²) in [5, 5.41) is 41.1. The molecular formula is C25H30O5. The molecule has 30 heavy (non-hydrogen) atoms. The Balaban J connectivity index is 1.47. The Morgan fingerprint density at radius 1 is 0.633 bits per heavy atom. The van der Waals surface area contributed by atoms with Gasteiger partial charge in [-0.15, -0.1) is 0 Å². The Bertz CT molecular complexity index is 797. The van der Waals surface area contributed by atoms with Crippen LogP contribution in [-0.2, 0) is 11.2 Å². The molecule has 0 atom stereocenters. The SMILES string of the molecule is O=C(c1ccc(C2(O)CCC(O)CC2)cc1)c1ccc(C2(O)CCC(O)CC2)cc1. The zero-order valence-corrected chi connectivity index (χ0v) is 17.1. The zero-order valence-electron chi connectivity index (χ0n) is 17.1. The molecule has 5 heteroatoms. The first-order chi connectivity index (χ1) is 14.3. The summed E-state index contributed by atoms with van der Waals surface area (Å²) < 4.78 is 0. The molecule has 0 aromatic heterocycles. The van der Waals surface area contributed by atoms with E-state index in [0.717, 1.165) is 11.1 Å². The van der Waals surface area contributed by atoms with E-state index in [2.05, 4.69) is 0 Å². The largest absolute Gasteiger partial charge is 0.393 e. The number of benzene rings is 2. The lowest BCUT2D eigenvalue weighted by atomic mass is 9.78. The molecule has 2 aliphatic carbocycles. The van der Waals surface area contributed by atoms with Crippen molar-refractivity contribution in [2.45, 2.75) is 74.8 Å². The number of hydrogen-bond donors (Lipinski definition) is 4. The lowest BCUT2D eigenvalue weighted by Gasteiger charge is -2.35. The summed E-state index contributed by atoms with van der Waals surface area (Å²) in [5.74, 6) is -0.106. The van der Waals surface area contributed by atoms with Gasteiger partial charge in [0.15, 0.2) is 5.78 Å². The van der Waals surface area contributed by atoms with Crippen LogP contribution in [0.5, 0.6) is 0 Å². The van der Waals surface area contributed by atoms with E-state index >= 15 is 0 Å². The van der Waals surface area contributed by atoms with Crippen LogP contribution in [0.2, 0.25) is 0 Å². The molecule has 4 N–H and O–H groups in total. The topological polar surface area (TPSA) is 98.0 Å². The van der Waals surface area contributed by atoms with Gasteiger partial charge in [-0.05, 0) is 62.5 Å². The van der Waals surface area contributed by atoms with E-state index in [9.17, 15) is 25.2 Å². The van der Waals surface area contributed by atoms with Crippen LogP contribution in [0, 0.1) is 0 Å². The minimum absolute atomic E-state index is 0.106. The molecule has 5 nitrogen and oxygen atoms in total. The Labute approximate surface area is 177 Å². The predicted octanol–water partition coefficient (Wildman–Crippen LogP) is 3.16. The van der Waals surface area contributed by atoms with E-state index in [1.165, 1.54) is 0 Å². The minimum Gasteiger partial charge on any atom is -0.393 e. The Hall–Kier alpha value is -2.05. The number of hydrogen-bond acceptors (Lipinski definition) is 5. The van der Waals surface area contributed by atoms with Crippen molar-refractivity contribution < 1.29 is 25.2 Å². The van der Waals surface area contributed by atoms with E-state index < -0.39 is 11.2 Å². The van der Waals surface area contributed by atoms with E-state index in [1.807, 2.05) is 0 Å². The summed E-state index contributed by atoms with van der Waals surface area (Å²) >= 11 is 0. The van der Waals surface area contributed by atoms with E-state index in [-0.39, 0.29) is 18.0 Å². The third kappa shape index (κ3) is 4.21. The van der Waals surface area contributed by atoms with Crippen molar-refractivity contribution in [1.82, 2.24) is 0 Å². The summed E-state index contributed by atoms with van der Waals surface area (Å²) in [6, 6.07) is 14.2. The van der Waals surface area contributed by atoms with Gasteiger partial charge in [-0.3, -0.25) is 4.79 Å². The van der Waals surface area contributed by atoms with Crippen LogP contribution in [0.3, 0.4) is 0 Å². The molecule has 0 radical (unpaired) electrons. The standard InChI is InChI=1S/C25H30O5/c26-21-9-13-24(29,14-10-21)19-5-1-17(2-6-19)23(28)18-3-7-20(8-4-18)25(30)15-11-22(27)12-16-25/h1-8,21-22,26-27,29-30H,9-16H2. The molecule has 0 saturated heterocycles. The molecule has 0 spiro atoms. The molecule has 0 heterocycles. The van der Waals surface area contributed by atoms with Gasteiger partial charge >= 0.3 is 0 Å². The maximum atomic E-state index is 12.9. The second kappa shape index (κ2) is 8.23. The first kappa shape index (κ1) is 21.2. The van der Waals surface area contributed by atoms with E-state index in [0.29, 0.717) is 62.5 Å². The number of carbonyl (C=O) groups is 1. The summed E-state index contributed by atoms with van der Waals surface area (Å²) in [6.07, 6.45) is 3.70. The van der Waals surface area contributed by atoms with Gasteiger partial charge in [-0.2, -0.15) is 0 Å². The summed E-state index contributed by atoms with van der Waals surface area (Å²) in [4.78, 5) is 12.9. The fraction of sp³-hybridized carbons (Fsp3) is 0.480. The number of rotatable bonds is 4. The highest BCUT2D eigenvalue weighted by atomic mass is 16.3. The Morgan fingerprint density at radius 3 is 1.23 bits per heavy atom. The molecule has 0 amide bonds. The molecule has 2 saturated carbocycles. The molecular weight excluding hydrogens is 380 g/mol. The van der Waals surface area contributed by atoms with Crippen molar-refractivity contribution in [3.8, 4) is 0 Å². The molecule has 0 bridgehead atoms. The highest BCUT2D eigenvalue weighted by molar-refractivity contribution is 6.09. The summed E-state index contributed by atoms with van der Waals surface area (Å²) in [6.45, 7) is 0. The normalized spacial score (nSPS) is 32.0.